The van der Waals surface area contributed by atoms with Crippen LogP contribution in [-0.2, 0) is 14.8 Å². The molecule has 1 fully saturated rings. The van der Waals surface area contributed by atoms with Crippen molar-refractivity contribution in [3.05, 3.63) is 29.3 Å². The van der Waals surface area contributed by atoms with Crippen molar-refractivity contribution in [1.82, 2.24) is 14.5 Å². The van der Waals surface area contributed by atoms with E-state index >= 15 is 0 Å². The minimum Gasteiger partial charge on any atom is -0.340 e. The second-order valence-electron chi connectivity index (χ2n) is 7.74. The maximum atomic E-state index is 13.3. The van der Waals surface area contributed by atoms with Gasteiger partial charge in [0.15, 0.2) is 0 Å². The highest BCUT2D eigenvalue weighted by Gasteiger charge is 2.27. The van der Waals surface area contributed by atoms with Gasteiger partial charge < -0.3 is 10.2 Å². The van der Waals surface area contributed by atoms with Crippen molar-refractivity contribution in [3.8, 4) is 0 Å². The average Bonchev–Trinajstić information content (AvgIpc) is 2.61. The second-order valence-corrected chi connectivity index (χ2v) is 9.64. The quantitative estimate of drug-likeness (QED) is 0.732. The van der Waals surface area contributed by atoms with E-state index in [-0.39, 0.29) is 18.9 Å². The highest BCUT2D eigenvalue weighted by atomic mass is 32.2. The van der Waals surface area contributed by atoms with Gasteiger partial charge in [0.2, 0.25) is 15.9 Å². The Morgan fingerprint density at radius 3 is 2.44 bits per heavy atom. The molecule has 1 heterocycles. The first-order valence-corrected chi connectivity index (χ1v) is 11.2. The van der Waals surface area contributed by atoms with Crippen LogP contribution in [0.5, 0.6) is 0 Å². The van der Waals surface area contributed by atoms with Crippen LogP contribution in [0.2, 0.25) is 0 Å². The van der Waals surface area contributed by atoms with Crippen LogP contribution in [0.15, 0.2) is 23.1 Å². The Labute approximate surface area is 164 Å². The number of benzene rings is 1. The third-order valence-electron chi connectivity index (χ3n) is 4.95. The van der Waals surface area contributed by atoms with Crippen LogP contribution in [0.4, 0.5) is 0 Å². The third kappa shape index (κ3) is 6.02. The van der Waals surface area contributed by atoms with E-state index in [1.807, 2.05) is 30.9 Å². The zero-order valence-electron chi connectivity index (χ0n) is 17.0. The summed E-state index contributed by atoms with van der Waals surface area (Å²) in [4.78, 5) is 14.7. The Bertz CT molecular complexity index is 741. The lowest BCUT2D eigenvalue weighted by Gasteiger charge is -2.29. The molecular weight excluding hydrogens is 362 g/mol. The standard InChI is InChI=1S/C20H33N3O3S/c1-16(2)7-11-23(12-8-20(24)22-13-9-21-10-14-22)27(25,26)19-6-5-17(3)15-18(19)4/h5-6,15-16,21H,7-14H2,1-4H3. The minimum absolute atomic E-state index is 0.0295. The molecular formula is C20H33N3O3S. The summed E-state index contributed by atoms with van der Waals surface area (Å²) in [5, 5.41) is 3.22. The zero-order valence-corrected chi connectivity index (χ0v) is 17.8. The number of nitrogens with zero attached hydrogens (tertiary/aromatic N) is 2. The number of nitrogens with one attached hydrogen (secondary N) is 1. The minimum atomic E-state index is -3.62. The fraction of sp³-hybridized carbons (Fsp3) is 0.650. The molecule has 0 aromatic heterocycles. The van der Waals surface area contributed by atoms with E-state index in [0.717, 1.165) is 30.6 Å². The lowest BCUT2D eigenvalue weighted by Crippen LogP contribution is -2.47. The predicted octanol–water partition coefficient (Wildman–Crippen LogP) is 2.16. The van der Waals surface area contributed by atoms with Gasteiger partial charge in [-0.2, -0.15) is 4.31 Å². The summed E-state index contributed by atoms with van der Waals surface area (Å²) >= 11 is 0. The summed E-state index contributed by atoms with van der Waals surface area (Å²) in [6, 6.07) is 5.40. The number of hydrogen-bond acceptors (Lipinski definition) is 4. The van der Waals surface area contributed by atoms with E-state index in [9.17, 15) is 13.2 Å². The van der Waals surface area contributed by atoms with Crippen LogP contribution >= 0.6 is 0 Å². The summed E-state index contributed by atoms with van der Waals surface area (Å²) in [7, 11) is -3.62. The lowest BCUT2D eigenvalue weighted by atomic mass is 10.1. The molecule has 152 valence electrons. The fourth-order valence-corrected chi connectivity index (χ4v) is 4.94. The molecule has 0 atom stereocenters. The molecule has 27 heavy (non-hydrogen) atoms. The Hall–Kier alpha value is -1.44. The third-order valence-corrected chi connectivity index (χ3v) is 7.01. The molecule has 0 saturated carbocycles. The molecule has 1 aromatic carbocycles. The summed E-state index contributed by atoms with van der Waals surface area (Å²) in [5.74, 6) is 0.424. The van der Waals surface area contributed by atoms with Crippen LogP contribution < -0.4 is 5.32 Å². The lowest BCUT2D eigenvalue weighted by molar-refractivity contribution is -0.131. The monoisotopic (exact) mass is 395 g/mol. The van der Waals surface area contributed by atoms with Gasteiger partial charge >= 0.3 is 0 Å². The van der Waals surface area contributed by atoms with E-state index in [2.05, 4.69) is 19.2 Å². The number of hydrogen-bond donors (Lipinski definition) is 1. The predicted molar refractivity (Wildman–Crippen MR) is 108 cm³/mol. The number of sulfonamides is 1. The number of piperazine rings is 1. The number of carbonyl (C=O) groups is 1. The number of aryl methyl sites for hydroxylation is 2. The fourth-order valence-electron chi connectivity index (χ4n) is 3.27. The van der Waals surface area contributed by atoms with Crippen LogP contribution in [0.25, 0.3) is 0 Å². The van der Waals surface area contributed by atoms with Gasteiger partial charge in [-0.15, -0.1) is 0 Å². The summed E-state index contributed by atoms with van der Waals surface area (Å²) in [5.41, 5.74) is 1.78. The van der Waals surface area contributed by atoms with Crippen molar-refractivity contribution in [2.24, 2.45) is 5.92 Å². The molecule has 0 aliphatic carbocycles. The van der Waals surface area contributed by atoms with Gasteiger partial charge in [-0.25, -0.2) is 8.42 Å². The van der Waals surface area contributed by atoms with Gasteiger partial charge in [0.05, 0.1) is 4.90 Å². The van der Waals surface area contributed by atoms with Gasteiger partial charge in [0.1, 0.15) is 0 Å². The van der Waals surface area contributed by atoms with E-state index in [1.165, 1.54) is 4.31 Å². The van der Waals surface area contributed by atoms with Crippen molar-refractivity contribution in [1.29, 1.82) is 0 Å². The number of amides is 1. The first kappa shape index (κ1) is 21.9. The van der Waals surface area contributed by atoms with Gasteiger partial charge in [-0.1, -0.05) is 31.5 Å². The maximum absolute atomic E-state index is 13.3. The molecule has 6 nitrogen and oxygen atoms in total. The van der Waals surface area contributed by atoms with E-state index in [4.69, 9.17) is 0 Å². The Morgan fingerprint density at radius 1 is 1.19 bits per heavy atom. The van der Waals surface area contributed by atoms with Crippen molar-refractivity contribution in [2.75, 3.05) is 39.3 Å². The molecule has 1 amide bonds. The molecule has 1 aliphatic heterocycles. The van der Waals surface area contributed by atoms with Crippen molar-refractivity contribution >= 4 is 15.9 Å². The van der Waals surface area contributed by atoms with Crippen molar-refractivity contribution < 1.29 is 13.2 Å². The Kier molecular flexibility index (Phi) is 7.82. The first-order valence-electron chi connectivity index (χ1n) is 9.77. The molecule has 2 rings (SSSR count). The maximum Gasteiger partial charge on any atom is 0.243 e. The molecule has 1 aliphatic rings. The molecule has 1 saturated heterocycles. The highest BCUT2D eigenvalue weighted by Crippen LogP contribution is 2.22. The van der Waals surface area contributed by atoms with E-state index in [1.54, 1.807) is 6.07 Å². The van der Waals surface area contributed by atoms with Crippen molar-refractivity contribution in [2.45, 2.75) is 45.4 Å². The molecule has 0 unspecified atom stereocenters. The van der Waals surface area contributed by atoms with Crippen LogP contribution in [0.1, 0.15) is 37.8 Å². The van der Waals surface area contributed by atoms with E-state index in [0.29, 0.717) is 30.4 Å². The van der Waals surface area contributed by atoms with Gasteiger partial charge in [0.25, 0.3) is 0 Å². The molecule has 7 heteroatoms. The zero-order chi connectivity index (χ0) is 20.0. The van der Waals surface area contributed by atoms with Crippen molar-refractivity contribution in [3.63, 3.8) is 0 Å². The second kappa shape index (κ2) is 9.66. The summed E-state index contributed by atoms with van der Waals surface area (Å²) in [6.07, 6.45) is 0.994. The Morgan fingerprint density at radius 2 is 1.85 bits per heavy atom. The smallest absolute Gasteiger partial charge is 0.243 e. The largest absolute Gasteiger partial charge is 0.340 e. The van der Waals surface area contributed by atoms with Gasteiger partial charge in [0, 0.05) is 45.7 Å². The van der Waals surface area contributed by atoms with E-state index < -0.39 is 10.0 Å². The van der Waals surface area contributed by atoms with Crippen LogP contribution in [0.3, 0.4) is 0 Å². The highest BCUT2D eigenvalue weighted by molar-refractivity contribution is 7.89. The molecule has 0 radical (unpaired) electrons. The van der Waals surface area contributed by atoms with Crippen LogP contribution in [0, 0.1) is 19.8 Å². The topological polar surface area (TPSA) is 69.7 Å². The molecule has 0 bridgehead atoms. The first-order chi connectivity index (χ1) is 12.7. The number of rotatable bonds is 8. The summed E-state index contributed by atoms with van der Waals surface area (Å²) < 4.78 is 28.0. The van der Waals surface area contributed by atoms with Gasteiger partial charge in [-0.3, -0.25) is 4.79 Å². The van der Waals surface area contributed by atoms with Gasteiger partial charge in [-0.05, 0) is 37.8 Å². The molecule has 1 N–H and O–H groups in total. The average molecular weight is 396 g/mol. The molecule has 1 aromatic rings. The normalized spacial score (nSPS) is 15.6. The summed E-state index contributed by atoms with van der Waals surface area (Å²) in [6.45, 7) is 11.6. The molecule has 0 spiro atoms. The number of carbonyl (C=O) groups excluding carboxylic acids is 1. The Balaban J connectivity index is 2.15. The van der Waals surface area contributed by atoms with Crippen LogP contribution in [-0.4, -0.2) is 62.8 Å². The SMILES string of the molecule is Cc1ccc(S(=O)(=O)N(CCC(=O)N2CCNCC2)CCC(C)C)c(C)c1.